The predicted molar refractivity (Wildman–Crippen MR) is 74.7 cm³/mol. The quantitative estimate of drug-likeness (QED) is 0.936. The first-order valence-corrected chi connectivity index (χ1v) is 6.41. The molecule has 4 nitrogen and oxygen atoms in total. The van der Waals surface area contributed by atoms with Crippen molar-refractivity contribution in [2.45, 2.75) is 19.8 Å². The number of halogens is 1. The number of benzene rings is 1. The van der Waals surface area contributed by atoms with Crippen LogP contribution in [-0.2, 0) is 0 Å². The fourth-order valence-corrected chi connectivity index (χ4v) is 2.52. The van der Waals surface area contributed by atoms with Gasteiger partial charge in [-0.25, -0.2) is 0 Å². The molecule has 0 aliphatic heterocycles. The molecule has 0 bridgehead atoms. The molecule has 96 valence electrons. The summed E-state index contributed by atoms with van der Waals surface area (Å²) in [6.07, 6.45) is 1.62. The highest BCUT2D eigenvalue weighted by atomic mass is 79.9. The zero-order valence-electron chi connectivity index (χ0n) is 10.5. The second-order valence-electron chi connectivity index (χ2n) is 4.34. The molecule has 2 N–H and O–H groups in total. The largest absolute Gasteiger partial charge is 0.495 e. The third kappa shape index (κ3) is 2.22. The van der Waals surface area contributed by atoms with Crippen molar-refractivity contribution in [1.82, 2.24) is 5.16 Å². The van der Waals surface area contributed by atoms with Crippen LogP contribution in [0.5, 0.6) is 5.75 Å². The summed E-state index contributed by atoms with van der Waals surface area (Å²) >= 11 is 3.52. The van der Waals surface area contributed by atoms with Crippen molar-refractivity contribution in [2.75, 3.05) is 12.8 Å². The summed E-state index contributed by atoms with van der Waals surface area (Å²) in [5.74, 6) is 1.52. The Balaban J connectivity index is 2.62. The lowest BCUT2D eigenvalue weighted by molar-refractivity contribution is 0.405. The molecule has 0 radical (unpaired) electrons. The minimum absolute atomic E-state index is 0.321. The standard InChI is InChI=1S/C13H15BrN2O2/c1-7(2)9-4-8(5-11(14)12(9)17-3)10-6-16-18-13(10)15/h4-7H,15H2,1-3H3. The highest BCUT2D eigenvalue weighted by Crippen LogP contribution is 2.39. The zero-order chi connectivity index (χ0) is 13.3. The number of anilines is 1. The van der Waals surface area contributed by atoms with Gasteiger partial charge in [-0.1, -0.05) is 19.0 Å². The maximum Gasteiger partial charge on any atom is 0.229 e. The molecule has 0 saturated carbocycles. The number of rotatable bonds is 3. The molecule has 0 saturated heterocycles. The molecule has 18 heavy (non-hydrogen) atoms. The Kier molecular flexibility index (Phi) is 3.61. The van der Waals surface area contributed by atoms with E-state index in [4.69, 9.17) is 15.0 Å². The summed E-state index contributed by atoms with van der Waals surface area (Å²) in [5, 5.41) is 3.70. The normalized spacial score (nSPS) is 10.9. The fraction of sp³-hybridized carbons (Fsp3) is 0.308. The smallest absolute Gasteiger partial charge is 0.229 e. The number of ether oxygens (including phenoxy) is 1. The first kappa shape index (κ1) is 13.0. The molecule has 2 rings (SSSR count). The predicted octanol–water partition coefficient (Wildman–Crippen LogP) is 3.82. The van der Waals surface area contributed by atoms with Crippen LogP contribution in [0.4, 0.5) is 5.88 Å². The van der Waals surface area contributed by atoms with Crippen molar-refractivity contribution in [3.8, 4) is 16.9 Å². The van der Waals surface area contributed by atoms with Crippen molar-refractivity contribution in [1.29, 1.82) is 0 Å². The lowest BCUT2D eigenvalue weighted by Crippen LogP contribution is -1.97. The molecule has 0 atom stereocenters. The van der Waals surface area contributed by atoms with E-state index in [0.29, 0.717) is 11.8 Å². The van der Waals surface area contributed by atoms with Gasteiger partial charge in [0.2, 0.25) is 5.88 Å². The van der Waals surface area contributed by atoms with Gasteiger partial charge in [-0.15, -0.1) is 0 Å². The van der Waals surface area contributed by atoms with Crippen molar-refractivity contribution >= 4 is 21.8 Å². The summed E-state index contributed by atoms with van der Waals surface area (Å²) in [7, 11) is 1.67. The molecule has 0 aliphatic carbocycles. The number of hydrogen-bond donors (Lipinski definition) is 1. The second-order valence-corrected chi connectivity index (χ2v) is 5.19. The highest BCUT2D eigenvalue weighted by Gasteiger charge is 2.16. The van der Waals surface area contributed by atoms with Crippen molar-refractivity contribution in [2.24, 2.45) is 0 Å². The van der Waals surface area contributed by atoms with Crippen LogP contribution in [0, 0.1) is 0 Å². The molecule has 2 aromatic rings. The Hall–Kier alpha value is -1.49. The summed E-state index contributed by atoms with van der Waals surface area (Å²) in [5.41, 5.74) is 8.61. The maximum absolute atomic E-state index is 5.74. The maximum atomic E-state index is 5.74. The Morgan fingerprint density at radius 1 is 1.39 bits per heavy atom. The minimum Gasteiger partial charge on any atom is -0.495 e. The Morgan fingerprint density at radius 2 is 2.11 bits per heavy atom. The van der Waals surface area contributed by atoms with Crippen LogP contribution in [0.25, 0.3) is 11.1 Å². The van der Waals surface area contributed by atoms with Crippen LogP contribution < -0.4 is 10.5 Å². The van der Waals surface area contributed by atoms with Crippen LogP contribution in [0.2, 0.25) is 0 Å². The van der Waals surface area contributed by atoms with E-state index in [2.05, 4.69) is 41.0 Å². The van der Waals surface area contributed by atoms with E-state index in [1.807, 2.05) is 6.07 Å². The second kappa shape index (κ2) is 5.02. The van der Waals surface area contributed by atoms with E-state index in [1.54, 1.807) is 13.3 Å². The van der Waals surface area contributed by atoms with E-state index in [-0.39, 0.29) is 0 Å². The van der Waals surface area contributed by atoms with E-state index >= 15 is 0 Å². The van der Waals surface area contributed by atoms with Crippen LogP contribution in [0.3, 0.4) is 0 Å². The van der Waals surface area contributed by atoms with E-state index < -0.39 is 0 Å². The number of hydrogen-bond acceptors (Lipinski definition) is 4. The van der Waals surface area contributed by atoms with Gasteiger partial charge in [0.05, 0.1) is 23.3 Å². The number of methoxy groups -OCH3 is 1. The molecule has 5 heteroatoms. The first-order chi connectivity index (χ1) is 8.54. The summed E-state index contributed by atoms with van der Waals surface area (Å²) in [6, 6.07) is 4.00. The number of nitrogens with zero attached hydrogens (tertiary/aromatic N) is 1. The summed E-state index contributed by atoms with van der Waals surface area (Å²) in [6.45, 7) is 4.23. The topological polar surface area (TPSA) is 61.3 Å². The van der Waals surface area contributed by atoms with Gasteiger partial charge < -0.3 is 15.0 Å². The van der Waals surface area contributed by atoms with Gasteiger partial charge >= 0.3 is 0 Å². The molecular weight excluding hydrogens is 296 g/mol. The minimum atomic E-state index is 0.321. The van der Waals surface area contributed by atoms with Crippen LogP contribution >= 0.6 is 15.9 Å². The average molecular weight is 311 g/mol. The van der Waals surface area contributed by atoms with E-state index in [1.165, 1.54) is 0 Å². The molecule has 0 spiro atoms. The van der Waals surface area contributed by atoms with Gasteiger partial charge in [0, 0.05) is 0 Å². The SMILES string of the molecule is COc1c(Br)cc(-c2cnoc2N)cc1C(C)C. The van der Waals surface area contributed by atoms with Crippen molar-refractivity contribution in [3.05, 3.63) is 28.4 Å². The molecule has 1 aromatic carbocycles. The van der Waals surface area contributed by atoms with Gasteiger partial charge in [-0.05, 0) is 45.1 Å². The molecule has 0 aliphatic rings. The molecule has 0 amide bonds. The molecule has 1 heterocycles. The van der Waals surface area contributed by atoms with Crippen LogP contribution in [0.1, 0.15) is 25.3 Å². The third-order valence-electron chi connectivity index (χ3n) is 2.81. The van der Waals surface area contributed by atoms with Gasteiger partial charge in [0.1, 0.15) is 5.75 Å². The Labute approximate surface area is 114 Å². The van der Waals surface area contributed by atoms with Crippen molar-refractivity contribution < 1.29 is 9.26 Å². The molecule has 0 fully saturated rings. The van der Waals surface area contributed by atoms with Gasteiger partial charge in [0.15, 0.2) is 0 Å². The lowest BCUT2D eigenvalue weighted by Gasteiger charge is -2.15. The zero-order valence-corrected chi connectivity index (χ0v) is 12.1. The van der Waals surface area contributed by atoms with E-state index in [0.717, 1.165) is 26.9 Å². The molecule has 0 unspecified atom stereocenters. The number of nitrogen functional groups attached to an aromatic ring is 1. The third-order valence-corrected chi connectivity index (χ3v) is 3.40. The molecular formula is C13H15BrN2O2. The monoisotopic (exact) mass is 310 g/mol. The van der Waals surface area contributed by atoms with Crippen LogP contribution in [-0.4, -0.2) is 12.3 Å². The van der Waals surface area contributed by atoms with E-state index in [9.17, 15) is 0 Å². The van der Waals surface area contributed by atoms with Crippen LogP contribution in [0.15, 0.2) is 27.3 Å². The Morgan fingerprint density at radius 3 is 2.61 bits per heavy atom. The highest BCUT2D eigenvalue weighted by molar-refractivity contribution is 9.10. The lowest BCUT2D eigenvalue weighted by atomic mass is 9.97. The van der Waals surface area contributed by atoms with Gasteiger partial charge in [0.25, 0.3) is 0 Å². The van der Waals surface area contributed by atoms with Gasteiger partial charge in [-0.3, -0.25) is 0 Å². The average Bonchev–Trinajstić information content (AvgIpc) is 2.74. The number of aromatic nitrogens is 1. The fourth-order valence-electron chi connectivity index (χ4n) is 1.88. The number of nitrogens with two attached hydrogens (primary N) is 1. The molecule has 1 aromatic heterocycles. The van der Waals surface area contributed by atoms with Crippen molar-refractivity contribution in [3.63, 3.8) is 0 Å². The van der Waals surface area contributed by atoms with Gasteiger partial charge in [-0.2, -0.15) is 0 Å². The Bertz CT molecular complexity index is 564. The first-order valence-electron chi connectivity index (χ1n) is 5.62. The summed E-state index contributed by atoms with van der Waals surface area (Å²) in [4.78, 5) is 0. The summed E-state index contributed by atoms with van der Waals surface area (Å²) < 4.78 is 11.2.